The number of rotatable bonds is 7. The lowest BCUT2D eigenvalue weighted by Gasteiger charge is -2.37. The Hall–Kier alpha value is -2.49. The summed E-state index contributed by atoms with van der Waals surface area (Å²) in [4.78, 5) is 43.6. The highest BCUT2D eigenvalue weighted by Gasteiger charge is 2.51. The molecule has 0 radical (unpaired) electrons. The zero-order valence-electron chi connectivity index (χ0n) is 21.5. The van der Waals surface area contributed by atoms with Crippen molar-refractivity contribution >= 4 is 35.4 Å². The van der Waals surface area contributed by atoms with Crippen LogP contribution < -0.4 is 0 Å². The van der Waals surface area contributed by atoms with E-state index in [0.29, 0.717) is 31.7 Å². The molecule has 8 nitrogen and oxygen atoms in total. The number of aliphatic hydroxyl groups excluding tert-OH is 1. The van der Waals surface area contributed by atoms with Crippen molar-refractivity contribution in [1.82, 2.24) is 14.7 Å². The van der Waals surface area contributed by atoms with Crippen molar-refractivity contribution in [3.63, 3.8) is 0 Å². The van der Waals surface area contributed by atoms with E-state index >= 15 is 0 Å². The highest BCUT2D eigenvalue weighted by molar-refractivity contribution is 6.30. The molecule has 1 aromatic rings. The fourth-order valence-corrected chi connectivity index (χ4v) is 5.39. The van der Waals surface area contributed by atoms with Crippen LogP contribution in [0.5, 0.6) is 0 Å². The van der Waals surface area contributed by atoms with Gasteiger partial charge in [-0.15, -0.1) is 0 Å². The largest absolute Gasteiger partial charge is 0.391 e. The Bertz CT molecular complexity index is 1080. The molecule has 1 aromatic carbocycles. The van der Waals surface area contributed by atoms with Crippen molar-refractivity contribution < 1.29 is 28.6 Å². The van der Waals surface area contributed by atoms with Gasteiger partial charge < -0.3 is 24.5 Å². The summed E-state index contributed by atoms with van der Waals surface area (Å²) >= 11 is 5.79. The first-order valence-electron chi connectivity index (χ1n) is 12.8. The van der Waals surface area contributed by atoms with Crippen LogP contribution in [0.4, 0.5) is 4.39 Å². The van der Waals surface area contributed by atoms with Gasteiger partial charge >= 0.3 is 0 Å². The van der Waals surface area contributed by atoms with Gasteiger partial charge in [-0.05, 0) is 68.7 Å². The Kier molecular flexibility index (Phi) is 8.26. The SMILES string of the molecule is C[C@@H]1OC[C@H](CCC(=O)N2CCC3(CC3)[C@H](O)C2)N1C(=O)[C@H](C)N(C)C(=O)/C=C/c1ccc(F)c(Cl)c1. The van der Waals surface area contributed by atoms with Crippen LogP contribution in [0.3, 0.4) is 0 Å². The maximum absolute atomic E-state index is 13.4. The van der Waals surface area contributed by atoms with E-state index in [-0.39, 0.29) is 34.7 Å². The van der Waals surface area contributed by atoms with Gasteiger partial charge in [0, 0.05) is 32.6 Å². The van der Waals surface area contributed by atoms with Gasteiger partial charge in [-0.1, -0.05) is 17.7 Å². The van der Waals surface area contributed by atoms with Crippen LogP contribution in [0.25, 0.3) is 6.08 Å². The summed E-state index contributed by atoms with van der Waals surface area (Å²) in [6.07, 6.45) is 5.52. The van der Waals surface area contributed by atoms with Gasteiger partial charge in [0.1, 0.15) is 18.1 Å². The lowest BCUT2D eigenvalue weighted by atomic mass is 9.90. The molecule has 37 heavy (non-hydrogen) atoms. The topological polar surface area (TPSA) is 90.4 Å². The zero-order valence-corrected chi connectivity index (χ0v) is 22.3. The summed E-state index contributed by atoms with van der Waals surface area (Å²) in [6, 6.07) is 3.10. The molecule has 2 saturated heterocycles. The molecule has 0 unspecified atom stereocenters. The van der Waals surface area contributed by atoms with Crippen LogP contribution in [0.15, 0.2) is 24.3 Å². The number of carbonyl (C=O) groups is 3. The molecule has 3 aliphatic rings. The molecule has 3 amide bonds. The third-order valence-corrected chi connectivity index (χ3v) is 8.42. The molecule has 3 fully saturated rings. The van der Waals surface area contributed by atoms with E-state index in [1.54, 1.807) is 30.7 Å². The number of amides is 3. The van der Waals surface area contributed by atoms with Crippen LogP contribution in [0.1, 0.15) is 51.5 Å². The number of nitrogens with zero attached hydrogens (tertiary/aromatic N) is 3. The molecule has 2 heterocycles. The summed E-state index contributed by atoms with van der Waals surface area (Å²) < 4.78 is 19.1. The van der Waals surface area contributed by atoms with Crippen LogP contribution in [0.2, 0.25) is 5.02 Å². The molecule has 1 aliphatic carbocycles. The van der Waals surface area contributed by atoms with Crippen LogP contribution >= 0.6 is 11.6 Å². The molecule has 4 rings (SSSR count). The van der Waals surface area contributed by atoms with E-state index in [1.165, 1.54) is 35.3 Å². The first kappa shape index (κ1) is 27.5. The maximum atomic E-state index is 13.4. The van der Waals surface area contributed by atoms with Gasteiger partial charge in [-0.2, -0.15) is 0 Å². The second-order valence-corrected chi connectivity index (χ2v) is 10.9. The Labute approximate surface area is 222 Å². The predicted molar refractivity (Wildman–Crippen MR) is 137 cm³/mol. The van der Waals surface area contributed by atoms with Crippen LogP contribution in [0, 0.1) is 11.2 Å². The van der Waals surface area contributed by atoms with Crippen molar-refractivity contribution in [2.75, 3.05) is 26.7 Å². The summed E-state index contributed by atoms with van der Waals surface area (Å²) in [5.41, 5.74) is 0.599. The van der Waals surface area contributed by atoms with Gasteiger partial charge in [-0.3, -0.25) is 14.4 Å². The first-order chi connectivity index (χ1) is 17.5. The molecule has 202 valence electrons. The standard InChI is InChI=1S/C27H35ClFN3O5/c1-17(30(3)24(34)8-5-19-4-7-22(29)21(28)14-19)26(36)32-18(2)37-16-20(32)6-9-25(35)31-13-12-27(10-11-27)23(33)15-31/h4-5,7-8,14,17-18,20,23,33H,6,9-13,15-16H2,1-3H3/b8-5+/t17-,18-,20-,23+/m0/s1. The third-order valence-electron chi connectivity index (χ3n) is 8.13. The quantitative estimate of drug-likeness (QED) is 0.542. The Balaban J connectivity index is 1.32. The van der Waals surface area contributed by atoms with Crippen molar-refractivity contribution in [2.45, 2.75) is 70.4 Å². The van der Waals surface area contributed by atoms with Crippen molar-refractivity contribution in [3.05, 3.63) is 40.7 Å². The summed E-state index contributed by atoms with van der Waals surface area (Å²) in [5, 5.41) is 10.4. The molecular formula is C27H35ClFN3O5. The number of β-amino-alcohol motifs (C(OH)–C–C–N with tert-alkyl or cyclic N) is 1. The zero-order chi connectivity index (χ0) is 26.9. The highest BCUT2D eigenvalue weighted by atomic mass is 35.5. The third kappa shape index (κ3) is 5.99. The van der Waals surface area contributed by atoms with E-state index in [1.807, 2.05) is 0 Å². The number of halogens is 2. The van der Waals surface area contributed by atoms with Gasteiger partial charge in [-0.25, -0.2) is 4.39 Å². The first-order valence-corrected chi connectivity index (χ1v) is 13.2. The minimum atomic E-state index is -0.761. The molecular weight excluding hydrogens is 501 g/mol. The van der Waals surface area contributed by atoms with Gasteiger partial charge in [0.25, 0.3) is 0 Å². The van der Waals surface area contributed by atoms with Gasteiger partial charge in [0.05, 0.1) is 23.8 Å². The van der Waals surface area contributed by atoms with Crippen molar-refractivity contribution in [3.8, 4) is 0 Å². The maximum Gasteiger partial charge on any atom is 0.247 e. The number of piperidine rings is 1. The highest BCUT2D eigenvalue weighted by Crippen LogP contribution is 2.53. The summed E-state index contributed by atoms with van der Waals surface area (Å²) in [6.45, 7) is 4.79. The van der Waals surface area contributed by atoms with E-state index in [9.17, 15) is 23.9 Å². The second-order valence-electron chi connectivity index (χ2n) is 10.5. The second kappa shape index (κ2) is 11.1. The van der Waals surface area contributed by atoms with E-state index < -0.39 is 30.1 Å². The molecule has 4 atom stereocenters. The lowest BCUT2D eigenvalue weighted by Crippen LogP contribution is -2.52. The number of hydrogen-bond acceptors (Lipinski definition) is 5. The van der Waals surface area contributed by atoms with Crippen LogP contribution in [-0.4, -0.2) is 88.7 Å². The molecule has 0 bridgehead atoms. The molecule has 10 heteroatoms. The monoisotopic (exact) mass is 535 g/mol. The average Bonchev–Trinajstić information content (AvgIpc) is 3.57. The fourth-order valence-electron chi connectivity index (χ4n) is 5.20. The lowest BCUT2D eigenvalue weighted by molar-refractivity contribution is -0.146. The van der Waals surface area contributed by atoms with Crippen LogP contribution in [-0.2, 0) is 19.1 Å². The van der Waals surface area contributed by atoms with Gasteiger partial charge in [0.15, 0.2) is 0 Å². The number of likely N-dealkylation sites (N-methyl/N-ethyl adjacent to an activating group) is 1. The predicted octanol–water partition coefficient (Wildman–Crippen LogP) is 3.07. The molecule has 1 spiro atoms. The van der Waals surface area contributed by atoms with Crippen molar-refractivity contribution in [1.29, 1.82) is 0 Å². The Morgan fingerprint density at radius 1 is 1.32 bits per heavy atom. The number of hydrogen-bond donors (Lipinski definition) is 1. The Morgan fingerprint density at radius 2 is 2.05 bits per heavy atom. The number of likely N-dealkylation sites (tertiary alicyclic amines) is 1. The summed E-state index contributed by atoms with van der Waals surface area (Å²) in [5.74, 6) is -1.22. The van der Waals surface area contributed by atoms with E-state index in [4.69, 9.17) is 16.3 Å². The molecule has 0 aromatic heterocycles. The van der Waals surface area contributed by atoms with E-state index in [0.717, 1.165) is 19.3 Å². The average molecular weight is 536 g/mol. The van der Waals surface area contributed by atoms with E-state index in [2.05, 4.69) is 0 Å². The number of benzene rings is 1. The molecule has 2 aliphatic heterocycles. The number of aliphatic hydroxyl groups is 1. The Morgan fingerprint density at radius 3 is 2.70 bits per heavy atom. The van der Waals surface area contributed by atoms with Gasteiger partial charge in [0.2, 0.25) is 17.7 Å². The molecule has 1 N–H and O–H groups in total. The number of carbonyl (C=O) groups excluding carboxylic acids is 3. The minimum absolute atomic E-state index is 0.0205. The normalized spacial score (nSPS) is 25.5. The fraction of sp³-hybridized carbons (Fsp3) is 0.593. The minimum Gasteiger partial charge on any atom is -0.391 e. The smallest absolute Gasteiger partial charge is 0.247 e. The summed E-state index contributed by atoms with van der Waals surface area (Å²) in [7, 11) is 1.54. The number of ether oxygens (including phenoxy) is 1. The molecule has 1 saturated carbocycles. The van der Waals surface area contributed by atoms with Crippen molar-refractivity contribution in [2.24, 2.45) is 5.41 Å².